The molecule has 10 rings (SSSR count). The van der Waals surface area contributed by atoms with Crippen LogP contribution in [0.4, 0.5) is 0 Å². The molecule has 0 spiro atoms. The smallest absolute Gasteiger partial charge is 0.238 e. The Bertz CT molecular complexity index is 2800. The van der Waals surface area contributed by atoms with Crippen LogP contribution in [-0.2, 0) is 0 Å². The zero-order valence-corrected chi connectivity index (χ0v) is 26.8. The van der Waals surface area contributed by atoms with Crippen molar-refractivity contribution in [3.63, 3.8) is 0 Å². The molecule has 4 heterocycles. The largest absolute Gasteiger partial charge is 0.294 e. The first-order valence-corrected chi connectivity index (χ1v) is 16.7. The molecule has 50 heavy (non-hydrogen) atoms. The summed E-state index contributed by atoms with van der Waals surface area (Å²) in [7, 11) is 0. The van der Waals surface area contributed by atoms with E-state index >= 15 is 0 Å². The molecule has 0 aliphatic heterocycles. The minimum Gasteiger partial charge on any atom is -0.294 e. The molecular weight excluding hydrogens is 613 g/mol. The lowest BCUT2D eigenvalue weighted by molar-refractivity contribution is 0.953. The molecule has 6 nitrogen and oxygen atoms in total. The first-order valence-electron chi connectivity index (χ1n) is 16.7. The molecule has 0 bridgehead atoms. The van der Waals surface area contributed by atoms with E-state index in [1.165, 1.54) is 10.8 Å². The van der Waals surface area contributed by atoms with E-state index in [-0.39, 0.29) is 0 Å². The predicted molar refractivity (Wildman–Crippen MR) is 203 cm³/mol. The Morgan fingerprint density at radius 2 is 0.880 bits per heavy atom. The molecule has 0 atom stereocenters. The SMILES string of the molecule is c1ccc(-c2nc(-c3ccccc3)nc(-n3c4ccccc4c4ccc(-c5ccc6c(c5)c5ccccc5n6-c5ccccn5)cc43)n2)cc1. The van der Waals surface area contributed by atoms with E-state index in [4.69, 9.17) is 19.9 Å². The predicted octanol–water partition coefficient (Wildman–Crippen LogP) is 10.5. The lowest BCUT2D eigenvalue weighted by Gasteiger charge is -2.11. The van der Waals surface area contributed by atoms with E-state index < -0.39 is 0 Å². The summed E-state index contributed by atoms with van der Waals surface area (Å²) in [5.74, 6) is 2.74. The van der Waals surface area contributed by atoms with Gasteiger partial charge in [-0.25, -0.2) is 9.97 Å². The summed E-state index contributed by atoms with van der Waals surface area (Å²) in [6.07, 6.45) is 1.84. The average molecular weight is 641 g/mol. The highest BCUT2D eigenvalue weighted by molar-refractivity contribution is 6.12. The van der Waals surface area contributed by atoms with Gasteiger partial charge >= 0.3 is 0 Å². The number of nitrogens with zero attached hydrogens (tertiary/aromatic N) is 6. The normalized spacial score (nSPS) is 11.6. The molecule has 0 amide bonds. The summed E-state index contributed by atoms with van der Waals surface area (Å²) in [5, 5.41) is 4.66. The van der Waals surface area contributed by atoms with Gasteiger partial charge in [-0.15, -0.1) is 0 Å². The first kappa shape index (κ1) is 28.1. The van der Waals surface area contributed by atoms with Gasteiger partial charge in [-0.05, 0) is 53.6 Å². The van der Waals surface area contributed by atoms with Crippen molar-refractivity contribution in [3.05, 3.63) is 170 Å². The molecule has 0 radical (unpaired) electrons. The third-order valence-corrected chi connectivity index (χ3v) is 9.45. The van der Waals surface area contributed by atoms with Crippen molar-refractivity contribution < 1.29 is 0 Å². The highest BCUT2D eigenvalue weighted by Gasteiger charge is 2.19. The van der Waals surface area contributed by atoms with Crippen LogP contribution < -0.4 is 0 Å². The van der Waals surface area contributed by atoms with Crippen LogP contribution in [0.3, 0.4) is 0 Å². The summed E-state index contributed by atoms with van der Waals surface area (Å²) < 4.78 is 4.42. The maximum Gasteiger partial charge on any atom is 0.238 e. The van der Waals surface area contributed by atoms with Gasteiger partial charge in [-0.1, -0.05) is 121 Å². The third kappa shape index (κ3) is 4.50. The zero-order chi connectivity index (χ0) is 33.0. The van der Waals surface area contributed by atoms with Gasteiger partial charge in [0.2, 0.25) is 5.95 Å². The molecule has 4 aromatic heterocycles. The monoisotopic (exact) mass is 640 g/mol. The van der Waals surface area contributed by atoms with Gasteiger partial charge in [0.1, 0.15) is 5.82 Å². The Labute approximate surface area is 287 Å². The van der Waals surface area contributed by atoms with E-state index in [2.05, 4.69) is 100 Å². The second-order valence-electron chi connectivity index (χ2n) is 12.4. The van der Waals surface area contributed by atoms with Crippen LogP contribution in [0.15, 0.2) is 170 Å². The van der Waals surface area contributed by atoms with Crippen molar-refractivity contribution in [1.82, 2.24) is 29.1 Å². The van der Waals surface area contributed by atoms with Gasteiger partial charge in [0.05, 0.1) is 22.1 Å². The molecule has 0 N–H and O–H groups in total. The van der Waals surface area contributed by atoms with Crippen LogP contribution in [0.25, 0.3) is 89.3 Å². The minimum absolute atomic E-state index is 0.579. The van der Waals surface area contributed by atoms with Crippen LogP contribution in [0.2, 0.25) is 0 Å². The fourth-order valence-corrected chi connectivity index (χ4v) is 7.15. The maximum atomic E-state index is 5.11. The van der Waals surface area contributed by atoms with Crippen LogP contribution in [0.1, 0.15) is 0 Å². The summed E-state index contributed by atoms with van der Waals surface area (Å²) in [6, 6.07) is 56.7. The maximum absolute atomic E-state index is 5.11. The lowest BCUT2D eigenvalue weighted by Crippen LogP contribution is -2.06. The Hall–Kier alpha value is -6.92. The van der Waals surface area contributed by atoms with E-state index in [1.807, 2.05) is 79.0 Å². The zero-order valence-electron chi connectivity index (χ0n) is 26.8. The Kier molecular flexibility index (Phi) is 6.39. The van der Waals surface area contributed by atoms with Crippen LogP contribution >= 0.6 is 0 Å². The van der Waals surface area contributed by atoms with Gasteiger partial charge in [0, 0.05) is 38.9 Å². The topological polar surface area (TPSA) is 61.4 Å². The highest BCUT2D eigenvalue weighted by atomic mass is 15.2. The van der Waals surface area contributed by atoms with Crippen molar-refractivity contribution in [3.8, 4) is 45.7 Å². The quantitative estimate of drug-likeness (QED) is 0.188. The third-order valence-electron chi connectivity index (χ3n) is 9.45. The summed E-state index contributed by atoms with van der Waals surface area (Å²) in [4.78, 5) is 19.9. The van der Waals surface area contributed by atoms with E-state index in [0.29, 0.717) is 17.6 Å². The first-order chi connectivity index (χ1) is 24.8. The summed E-state index contributed by atoms with van der Waals surface area (Å²) in [6.45, 7) is 0. The molecule has 234 valence electrons. The van der Waals surface area contributed by atoms with Crippen LogP contribution in [-0.4, -0.2) is 29.1 Å². The van der Waals surface area contributed by atoms with Gasteiger partial charge in [-0.3, -0.25) is 9.13 Å². The second-order valence-corrected chi connectivity index (χ2v) is 12.4. The fraction of sp³-hybridized carbons (Fsp3) is 0. The molecule has 0 fully saturated rings. The minimum atomic E-state index is 0.579. The number of fused-ring (bicyclic) bond motifs is 6. The highest BCUT2D eigenvalue weighted by Crippen LogP contribution is 2.38. The molecule has 0 aliphatic carbocycles. The number of rotatable bonds is 5. The number of para-hydroxylation sites is 2. The van der Waals surface area contributed by atoms with Crippen LogP contribution in [0, 0.1) is 0 Å². The molecule has 6 aromatic carbocycles. The fourth-order valence-electron chi connectivity index (χ4n) is 7.15. The van der Waals surface area contributed by atoms with E-state index in [9.17, 15) is 0 Å². The summed E-state index contributed by atoms with van der Waals surface area (Å²) >= 11 is 0. The Balaban J connectivity index is 1.20. The molecule has 0 saturated heterocycles. The molecule has 0 unspecified atom stereocenters. The lowest BCUT2D eigenvalue weighted by atomic mass is 10.0. The van der Waals surface area contributed by atoms with Crippen molar-refractivity contribution in [1.29, 1.82) is 0 Å². The van der Waals surface area contributed by atoms with Crippen molar-refractivity contribution >= 4 is 43.6 Å². The van der Waals surface area contributed by atoms with E-state index in [1.54, 1.807) is 0 Å². The number of hydrogen-bond donors (Lipinski definition) is 0. The second kappa shape index (κ2) is 11.4. The Morgan fingerprint density at radius 1 is 0.340 bits per heavy atom. The van der Waals surface area contributed by atoms with Gasteiger partial charge in [-0.2, -0.15) is 9.97 Å². The molecule has 0 aliphatic rings. The van der Waals surface area contributed by atoms with Crippen LogP contribution in [0.5, 0.6) is 0 Å². The number of pyridine rings is 1. The van der Waals surface area contributed by atoms with Gasteiger partial charge < -0.3 is 0 Å². The number of benzene rings is 6. The van der Waals surface area contributed by atoms with Gasteiger partial charge in [0.25, 0.3) is 0 Å². The average Bonchev–Trinajstić information content (AvgIpc) is 3.71. The Morgan fingerprint density at radius 3 is 1.56 bits per heavy atom. The standard InChI is InChI=1S/C44H28N6/c1-3-13-29(14-4-1)42-46-43(30-15-5-2-6-16-30)48-44(47-42)50-38-20-10-7-17-33(38)35-24-22-32(28-40(35)50)31-23-25-39-36(27-31)34-18-8-9-19-37(34)49(39)41-21-11-12-26-45-41/h1-28H. The number of aromatic nitrogens is 6. The molecular formula is C44H28N6. The van der Waals surface area contributed by atoms with Crippen molar-refractivity contribution in [2.24, 2.45) is 0 Å². The van der Waals surface area contributed by atoms with Gasteiger partial charge in [0.15, 0.2) is 11.6 Å². The molecule has 10 aromatic rings. The van der Waals surface area contributed by atoms with E-state index in [0.717, 1.165) is 60.9 Å². The van der Waals surface area contributed by atoms with Crippen molar-refractivity contribution in [2.45, 2.75) is 0 Å². The van der Waals surface area contributed by atoms with Crippen molar-refractivity contribution in [2.75, 3.05) is 0 Å². The number of hydrogen-bond acceptors (Lipinski definition) is 4. The molecule has 6 heteroatoms. The molecule has 0 saturated carbocycles. The summed E-state index contributed by atoms with van der Waals surface area (Å²) in [5.41, 5.74) is 8.44.